The van der Waals surface area contributed by atoms with Crippen LogP contribution in [0.4, 0.5) is 13.2 Å². The molecule has 0 radical (unpaired) electrons. The molecule has 0 aromatic heterocycles. The topological polar surface area (TPSA) is 111 Å². The van der Waals surface area contributed by atoms with E-state index in [2.05, 4.69) is 16.0 Å². The normalized spacial score (nSPS) is 23.6. The third-order valence-electron chi connectivity index (χ3n) is 5.44. The zero-order chi connectivity index (χ0) is 23.5. The van der Waals surface area contributed by atoms with Gasteiger partial charge in [0.2, 0.25) is 11.8 Å². The van der Waals surface area contributed by atoms with Crippen molar-refractivity contribution in [1.29, 1.82) is 0 Å². The minimum Gasteiger partial charge on any atom is -0.406 e. The van der Waals surface area contributed by atoms with E-state index in [1.165, 1.54) is 17.0 Å². The highest BCUT2D eigenvalue weighted by molar-refractivity contribution is 5.93. The first-order valence-corrected chi connectivity index (χ1v) is 9.92. The molecule has 3 N–H and O–H groups in total. The molecule has 3 amide bonds. The van der Waals surface area contributed by atoms with E-state index in [1.54, 1.807) is 0 Å². The van der Waals surface area contributed by atoms with E-state index in [0.29, 0.717) is 31.4 Å². The smallest absolute Gasteiger partial charge is 0.406 e. The summed E-state index contributed by atoms with van der Waals surface area (Å²) in [6.07, 6.45) is 1.53. The Hall–Kier alpha value is -3.26. The van der Waals surface area contributed by atoms with E-state index in [1.807, 2.05) is 0 Å². The Morgan fingerprint density at radius 3 is 2.50 bits per heavy atom. The summed E-state index contributed by atoms with van der Waals surface area (Å²) in [5.41, 5.74) is 4.10. The molecule has 32 heavy (non-hydrogen) atoms. The molecule has 2 fully saturated rings. The van der Waals surface area contributed by atoms with E-state index in [0.717, 1.165) is 12.1 Å². The van der Waals surface area contributed by atoms with Crippen LogP contribution in [-0.4, -0.2) is 54.2 Å². The molecule has 3 rings (SSSR count). The average molecular weight is 453 g/mol. The number of hydrogen-bond acceptors (Lipinski definition) is 5. The van der Waals surface area contributed by atoms with Crippen molar-refractivity contribution in [3.8, 4) is 18.1 Å². The van der Waals surface area contributed by atoms with Gasteiger partial charge >= 0.3 is 6.36 Å². The molecule has 3 atom stereocenters. The van der Waals surface area contributed by atoms with Gasteiger partial charge in [0.15, 0.2) is 5.60 Å². The maximum absolute atomic E-state index is 13.4. The van der Waals surface area contributed by atoms with Crippen molar-refractivity contribution in [2.24, 2.45) is 5.73 Å². The number of ether oxygens (including phenoxy) is 2. The van der Waals surface area contributed by atoms with Gasteiger partial charge in [-0.05, 0) is 30.5 Å². The molecule has 2 aliphatic heterocycles. The molecule has 8 nitrogen and oxygen atoms in total. The average Bonchev–Trinajstić information content (AvgIpc) is 3.16. The van der Waals surface area contributed by atoms with Crippen molar-refractivity contribution in [3.05, 3.63) is 29.8 Å². The van der Waals surface area contributed by atoms with Crippen LogP contribution in [0, 0.1) is 12.3 Å². The quantitative estimate of drug-likeness (QED) is 0.603. The molecule has 2 aliphatic rings. The molecule has 11 heteroatoms. The maximum Gasteiger partial charge on any atom is 0.573 e. The van der Waals surface area contributed by atoms with Crippen molar-refractivity contribution in [2.45, 2.75) is 49.7 Å². The Bertz CT molecular complexity index is 922. The second-order valence-electron chi connectivity index (χ2n) is 7.55. The molecular formula is C21H22F3N3O5. The van der Waals surface area contributed by atoms with Crippen molar-refractivity contribution < 1.29 is 37.0 Å². The summed E-state index contributed by atoms with van der Waals surface area (Å²) in [5, 5.41) is 2.55. The van der Waals surface area contributed by atoms with Crippen LogP contribution < -0.4 is 15.8 Å². The largest absolute Gasteiger partial charge is 0.573 e. The number of halogens is 3. The molecule has 2 heterocycles. The molecule has 172 valence electrons. The number of likely N-dealkylation sites (tertiary alicyclic amines) is 1. The lowest BCUT2D eigenvalue weighted by molar-refractivity contribution is -0.274. The fraction of sp³-hybridized carbons (Fsp3) is 0.476. The first-order valence-electron chi connectivity index (χ1n) is 9.92. The van der Waals surface area contributed by atoms with Gasteiger partial charge in [0.25, 0.3) is 5.91 Å². The number of primary amides is 1. The molecule has 0 bridgehead atoms. The molecule has 1 unspecified atom stereocenters. The summed E-state index contributed by atoms with van der Waals surface area (Å²) in [4.78, 5) is 38.6. The van der Waals surface area contributed by atoms with E-state index in [9.17, 15) is 27.6 Å². The summed E-state index contributed by atoms with van der Waals surface area (Å²) >= 11 is 0. The van der Waals surface area contributed by atoms with Gasteiger partial charge in [-0.25, -0.2) is 0 Å². The standard InChI is InChI=1S/C21H22F3N3O5/c1-2-14(12-17(25)28)26-18(29)16-4-3-10-27(16)19(30)20(9-11-31-20)13-5-7-15(8-6-13)32-21(22,23)24/h1,5-8,14,16H,3-4,9-12H2,(H2,25,28)(H,26,29)/t14-,16+,20?/m1/s1. The number of nitrogens with one attached hydrogen (secondary N) is 1. The minimum absolute atomic E-state index is 0.234. The number of rotatable bonds is 7. The van der Waals surface area contributed by atoms with Gasteiger partial charge in [-0.15, -0.1) is 19.6 Å². The molecular weight excluding hydrogens is 431 g/mol. The van der Waals surface area contributed by atoms with E-state index in [4.69, 9.17) is 16.9 Å². The molecule has 2 saturated heterocycles. The molecule has 0 aliphatic carbocycles. The Morgan fingerprint density at radius 1 is 1.34 bits per heavy atom. The third-order valence-corrected chi connectivity index (χ3v) is 5.44. The number of carbonyl (C=O) groups excluding carboxylic acids is 3. The number of nitrogens with two attached hydrogens (primary N) is 1. The predicted molar refractivity (Wildman–Crippen MR) is 105 cm³/mol. The monoisotopic (exact) mass is 453 g/mol. The van der Waals surface area contributed by atoms with Crippen LogP contribution in [-0.2, 0) is 24.7 Å². The third kappa shape index (κ3) is 4.96. The molecule has 0 spiro atoms. The van der Waals surface area contributed by atoms with Crippen LogP contribution >= 0.6 is 0 Å². The Balaban J connectivity index is 1.76. The predicted octanol–water partition coefficient (Wildman–Crippen LogP) is 1.19. The van der Waals surface area contributed by atoms with Crippen LogP contribution in [0.25, 0.3) is 0 Å². The first kappa shape index (κ1) is 23.4. The van der Waals surface area contributed by atoms with Crippen LogP contribution in [0.15, 0.2) is 24.3 Å². The van der Waals surface area contributed by atoms with Crippen LogP contribution in [0.5, 0.6) is 5.75 Å². The van der Waals surface area contributed by atoms with Crippen molar-refractivity contribution >= 4 is 17.7 Å². The highest BCUT2D eigenvalue weighted by atomic mass is 19.4. The van der Waals surface area contributed by atoms with E-state index < -0.39 is 47.5 Å². The number of benzene rings is 1. The number of terminal acetylenes is 1. The number of hydrogen-bond donors (Lipinski definition) is 2. The highest BCUT2D eigenvalue weighted by Gasteiger charge is 2.52. The summed E-state index contributed by atoms with van der Waals surface area (Å²) in [7, 11) is 0. The van der Waals surface area contributed by atoms with Crippen LogP contribution in [0.1, 0.15) is 31.2 Å². The van der Waals surface area contributed by atoms with Crippen LogP contribution in [0.3, 0.4) is 0 Å². The van der Waals surface area contributed by atoms with Crippen molar-refractivity contribution in [3.63, 3.8) is 0 Å². The van der Waals surface area contributed by atoms with Crippen molar-refractivity contribution in [1.82, 2.24) is 10.2 Å². The Morgan fingerprint density at radius 2 is 2.00 bits per heavy atom. The summed E-state index contributed by atoms with van der Waals surface area (Å²) < 4.78 is 46.7. The zero-order valence-electron chi connectivity index (χ0n) is 17.0. The summed E-state index contributed by atoms with van der Waals surface area (Å²) in [5.74, 6) is 0.214. The zero-order valence-corrected chi connectivity index (χ0v) is 17.0. The van der Waals surface area contributed by atoms with Crippen LogP contribution in [0.2, 0.25) is 0 Å². The lowest BCUT2D eigenvalue weighted by Crippen LogP contribution is -2.58. The van der Waals surface area contributed by atoms with Gasteiger partial charge in [0.05, 0.1) is 19.1 Å². The molecule has 1 aromatic carbocycles. The minimum atomic E-state index is -4.83. The fourth-order valence-electron chi connectivity index (χ4n) is 3.89. The van der Waals surface area contributed by atoms with Crippen molar-refractivity contribution in [2.75, 3.05) is 13.2 Å². The first-order chi connectivity index (χ1) is 15.1. The second-order valence-corrected chi connectivity index (χ2v) is 7.55. The number of alkyl halides is 3. The number of amides is 3. The van der Waals surface area contributed by atoms with Gasteiger partial charge < -0.3 is 25.4 Å². The van der Waals surface area contributed by atoms with Gasteiger partial charge in [-0.3, -0.25) is 14.4 Å². The fourth-order valence-corrected chi connectivity index (χ4v) is 3.89. The summed E-state index contributed by atoms with van der Waals surface area (Å²) in [6, 6.07) is 3.17. The van der Waals surface area contributed by atoms with Gasteiger partial charge in [0, 0.05) is 13.0 Å². The maximum atomic E-state index is 13.4. The van der Waals surface area contributed by atoms with Gasteiger partial charge in [-0.1, -0.05) is 18.1 Å². The SMILES string of the molecule is C#C[C@H](CC(N)=O)NC(=O)[C@@H]1CCCN1C(=O)C1(c2ccc(OC(F)(F)F)cc2)CCO1. The van der Waals surface area contributed by atoms with E-state index >= 15 is 0 Å². The second kappa shape index (κ2) is 9.08. The highest BCUT2D eigenvalue weighted by Crippen LogP contribution is 2.41. The Kier molecular flexibility index (Phi) is 6.64. The number of nitrogens with zero attached hydrogens (tertiary/aromatic N) is 1. The molecule has 0 saturated carbocycles. The summed E-state index contributed by atoms with van der Waals surface area (Å²) in [6.45, 7) is 0.586. The lowest BCUT2D eigenvalue weighted by atomic mass is 9.84. The Labute approximate surface area is 182 Å². The molecule has 1 aromatic rings. The van der Waals surface area contributed by atoms with Gasteiger partial charge in [-0.2, -0.15) is 0 Å². The van der Waals surface area contributed by atoms with E-state index in [-0.39, 0.29) is 13.0 Å². The lowest BCUT2D eigenvalue weighted by Gasteiger charge is -2.44. The van der Waals surface area contributed by atoms with Gasteiger partial charge in [0.1, 0.15) is 11.8 Å². The number of carbonyl (C=O) groups is 3.